The number of hydrogen-bond acceptors (Lipinski definition) is 5. The van der Waals surface area contributed by atoms with Crippen molar-refractivity contribution in [3.63, 3.8) is 0 Å². The number of amides is 2. The van der Waals surface area contributed by atoms with Gasteiger partial charge in [0, 0.05) is 24.7 Å². The molecule has 7 nitrogen and oxygen atoms in total. The topological polar surface area (TPSA) is 94.5 Å². The summed E-state index contributed by atoms with van der Waals surface area (Å²) in [4.78, 5) is 26.2. The van der Waals surface area contributed by atoms with Crippen molar-refractivity contribution in [2.24, 2.45) is 0 Å². The number of nitriles is 1. The molecule has 0 radical (unpaired) electrons. The number of nitrogens with one attached hydrogen (secondary N) is 2. The molecule has 1 atom stereocenters. The van der Waals surface area contributed by atoms with E-state index in [1.807, 2.05) is 12.1 Å². The first-order valence-corrected chi connectivity index (χ1v) is 9.08. The zero-order valence-electron chi connectivity index (χ0n) is 15.9. The molecule has 1 aliphatic heterocycles. The monoisotopic (exact) mass is 378 g/mol. The molecule has 2 amide bonds. The van der Waals surface area contributed by atoms with Gasteiger partial charge in [0.2, 0.25) is 11.8 Å². The lowest BCUT2D eigenvalue weighted by Crippen LogP contribution is -2.32. The van der Waals surface area contributed by atoms with Crippen LogP contribution in [0.3, 0.4) is 0 Å². The molecule has 28 heavy (non-hydrogen) atoms. The van der Waals surface area contributed by atoms with E-state index < -0.39 is 6.04 Å². The molecule has 1 aliphatic rings. The summed E-state index contributed by atoms with van der Waals surface area (Å²) >= 11 is 0. The van der Waals surface area contributed by atoms with Gasteiger partial charge in [0.15, 0.2) is 0 Å². The quantitative estimate of drug-likeness (QED) is 0.805. The molecular formula is C21H22N4O3. The van der Waals surface area contributed by atoms with Gasteiger partial charge in [-0.15, -0.1) is 0 Å². The van der Waals surface area contributed by atoms with Crippen molar-refractivity contribution in [1.29, 1.82) is 5.26 Å². The molecule has 0 saturated carbocycles. The van der Waals surface area contributed by atoms with Gasteiger partial charge < -0.3 is 20.3 Å². The molecule has 7 heteroatoms. The summed E-state index contributed by atoms with van der Waals surface area (Å²) in [6.45, 7) is 2.41. The summed E-state index contributed by atoms with van der Waals surface area (Å²) in [6.07, 6.45) is 1.38. The second kappa shape index (κ2) is 8.44. The number of anilines is 3. The third kappa shape index (κ3) is 4.07. The summed E-state index contributed by atoms with van der Waals surface area (Å²) in [6, 6.07) is 13.8. The largest absolute Gasteiger partial charge is 0.494 e. The Kier molecular flexibility index (Phi) is 5.80. The van der Waals surface area contributed by atoms with Crippen LogP contribution < -0.4 is 20.3 Å². The van der Waals surface area contributed by atoms with Crippen molar-refractivity contribution >= 4 is 28.9 Å². The van der Waals surface area contributed by atoms with E-state index in [1.165, 1.54) is 0 Å². The highest BCUT2D eigenvalue weighted by molar-refractivity contribution is 5.98. The molecule has 0 aliphatic carbocycles. The average Bonchev–Trinajstić information content (AvgIpc) is 3.13. The van der Waals surface area contributed by atoms with Crippen molar-refractivity contribution in [3.8, 4) is 11.8 Å². The van der Waals surface area contributed by atoms with Crippen LogP contribution in [0.1, 0.15) is 25.3 Å². The number of carbonyl (C=O) groups excluding carboxylic acids is 2. The molecule has 3 rings (SSSR count). The van der Waals surface area contributed by atoms with Crippen molar-refractivity contribution in [3.05, 3.63) is 48.0 Å². The highest BCUT2D eigenvalue weighted by Gasteiger charge is 2.25. The highest BCUT2D eigenvalue weighted by Crippen LogP contribution is 2.34. The number of carbonyl (C=O) groups is 2. The van der Waals surface area contributed by atoms with Crippen LogP contribution in [0, 0.1) is 11.3 Å². The summed E-state index contributed by atoms with van der Waals surface area (Å²) < 4.78 is 5.44. The maximum atomic E-state index is 12.5. The van der Waals surface area contributed by atoms with Crippen molar-refractivity contribution in [1.82, 2.24) is 0 Å². The lowest BCUT2D eigenvalue weighted by molar-refractivity contribution is -0.117. The molecule has 2 N–H and O–H groups in total. The van der Waals surface area contributed by atoms with Gasteiger partial charge in [0.05, 0.1) is 24.0 Å². The molecule has 0 bridgehead atoms. The number of ether oxygens (including phenoxy) is 1. The van der Waals surface area contributed by atoms with Gasteiger partial charge in [-0.25, -0.2) is 0 Å². The zero-order valence-corrected chi connectivity index (χ0v) is 15.9. The van der Waals surface area contributed by atoms with Crippen molar-refractivity contribution in [2.45, 2.75) is 25.8 Å². The van der Waals surface area contributed by atoms with Gasteiger partial charge in [-0.1, -0.05) is 12.1 Å². The van der Waals surface area contributed by atoms with Crippen LogP contribution in [0.5, 0.6) is 5.75 Å². The predicted octanol–water partition coefficient (Wildman–Crippen LogP) is 3.13. The lowest BCUT2D eigenvalue weighted by atomic mass is 10.2. The number of rotatable bonds is 6. The summed E-state index contributed by atoms with van der Waals surface area (Å²) in [5.74, 6) is 0.395. The van der Waals surface area contributed by atoms with Crippen LogP contribution in [-0.2, 0) is 9.59 Å². The zero-order chi connectivity index (χ0) is 20.1. The highest BCUT2D eigenvalue weighted by atomic mass is 16.5. The van der Waals surface area contributed by atoms with Crippen LogP contribution in [-0.4, -0.2) is 31.5 Å². The van der Waals surface area contributed by atoms with E-state index in [9.17, 15) is 9.59 Å². The van der Waals surface area contributed by atoms with Crippen molar-refractivity contribution < 1.29 is 14.3 Å². The molecule has 144 valence electrons. The molecule has 1 unspecified atom stereocenters. The Morgan fingerprint density at radius 2 is 2.07 bits per heavy atom. The minimum absolute atomic E-state index is 0.0860. The first-order chi connectivity index (χ1) is 13.5. The average molecular weight is 378 g/mol. The van der Waals surface area contributed by atoms with Gasteiger partial charge in [-0.2, -0.15) is 5.26 Å². The molecule has 1 heterocycles. The van der Waals surface area contributed by atoms with Gasteiger partial charge in [0.25, 0.3) is 0 Å². The van der Waals surface area contributed by atoms with Crippen LogP contribution in [0.15, 0.2) is 42.5 Å². The number of benzene rings is 2. The Hall–Kier alpha value is -3.53. The van der Waals surface area contributed by atoms with E-state index >= 15 is 0 Å². The second-order valence-corrected chi connectivity index (χ2v) is 6.55. The normalized spacial score (nSPS) is 14.3. The summed E-state index contributed by atoms with van der Waals surface area (Å²) in [5, 5.41) is 15.0. The molecule has 0 spiro atoms. The predicted molar refractivity (Wildman–Crippen MR) is 107 cm³/mol. The third-order valence-electron chi connectivity index (χ3n) is 4.63. The van der Waals surface area contributed by atoms with E-state index in [0.29, 0.717) is 35.7 Å². The fourth-order valence-electron chi connectivity index (χ4n) is 3.14. The van der Waals surface area contributed by atoms with Crippen molar-refractivity contribution in [2.75, 3.05) is 29.2 Å². The van der Waals surface area contributed by atoms with E-state index in [2.05, 4.69) is 16.7 Å². The second-order valence-electron chi connectivity index (χ2n) is 6.55. The van der Waals surface area contributed by atoms with Gasteiger partial charge >= 0.3 is 0 Å². The molecule has 0 aromatic heterocycles. The van der Waals surface area contributed by atoms with E-state index in [1.54, 1.807) is 49.3 Å². The maximum Gasteiger partial charge on any atom is 0.246 e. The number of para-hydroxylation sites is 1. The molecule has 2 aromatic carbocycles. The van der Waals surface area contributed by atoms with E-state index in [4.69, 9.17) is 10.00 Å². The molecule has 1 saturated heterocycles. The van der Waals surface area contributed by atoms with E-state index in [-0.39, 0.29) is 11.8 Å². The van der Waals surface area contributed by atoms with Crippen LogP contribution >= 0.6 is 0 Å². The molecular weight excluding hydrogens is 356 g/mol. The SMILES string of the molecule is COc1cc(NC(C)C(=O)Nc2ccccc2C#N)ccc1N1CCCC1=O. The smallest absolute Gasteiger partial charge is 0.246 e. The molecule has 1 fully saturated rings. The molecule has 2 aromatic rings. The Morgan fingerprint density at radius 3 is 2.75 bits per heavy atom. The van der Waals surface area contributed by atoms with Gasteiger partial charge in [-0.3, -0.25) is 9.59 Å². The Morgan fingerprint density at radius 1 is 1.29 bits per heavy atom. The fraction of sp³-hybridized carbons (Fsp3) is 0.286. The fourth-order valence-corrected chi connectivity index (χ4v) is 3.14. The number of nitrogens with zero attached hydrogens (tertiary/aromatic N) is 2. The standard InChI is InChI=1S/C21H22N4O3/c1-14(21(27)24-17-7-4-3-6-15(17)13-22)23-16-9-10-18(19(12-16)28-2)25-11-5-8-20(25)26/h3-4,6-7,9-10,12,14,23H,5,8,11H2,1-2H3,(H,24,27). The minimum atomic E-state index is -0.546. The Bertz CT molecular complexity index is 935. The first-order valence-electron chi connectivity index (χ1n) is 9.08. The minimum Gasteiger partial charge on any atom is -0.494 e. The Balaban J connectivity index is 1.71. The lowest BCUT2D eigenvalue weighted by Gasteiger charge is -2.21. The van der Waals surface area contributed by atoms with Crippen LogP contribution in [0.2, 0.25) is 0 Å². The van der Waals surface area contributed by atoms with Gasteiger partial charge in [0.1, 0.15) is 17.9 Å². The number of hydrogen-bond donors (Lipinski definition) is 2. The maximum absolute atomic E-state index is 12.5. The summed E-state index contributed by atoms with van der Waals surface area (Å²) in [5.41, 5.74) is 2.31. The van der Waals surface area contributed by atoms with Crippen LogP contribution in [0.4, 0.5) is 17.1 Å². The van der Waals surface area contributed by atoms with Gasteiger partial charge in [-0.05, 0) is 37.6 Å². The van der Waals surface area contributed by atoms with Crippen LogP contribution in [0.25, 0.3) is 0 Å². The van der Waals surface area contributed by atoms with E-state index in [0.717, 1.165) is 12.1 Å². The third-order valence-corrected chi connectivity index (χ3v) is 4.63. The number of methoxy groups -OCH3 is 1. The first kappa shape index (κ1) is 19.2. The Labute approximate surface area is 163 Å². The summed E-state index contributed by atoms with van der Waals surface area (Å²) in [7, 11) is 1.55.